The number of fused-ring (bicyclic) bond motifs is 1. The monoisotopic (exact) mass is 276 g/mol. The van der Waals surface area contributed by atoms with Crippen LogP contribution in [0, 0.1) is 0 Å². The van der Waals surface area contributed by atoms with Gasteiger partial charge in [0.05, 0.1) is 7.11 Å². The van der Waals surface area contributed by atoms with Gasteiger partial charge in [-0.3, -0.25) is 0 Å². The van der Waals surface area contributed by atoms with Gasteiger partial charge in [0, 0.05) is 5.39 Å². The van der Waals surface area contributed by atoms with E-state index in [0.29, 0.717) is 5.75 Å². The fourth-order valence-electron chi connectivity index (χ4n) is 2.38. The minimum atomic E-state index is 0.309. The van der Waals surface area contributed by atoms with Crippen molar-refractivity contribution in [1.29, 1.82) is 0 Å². The third-order valence-corrected chi connectivity index (χ3v) is 3.48. The van der Waals surface area contributed by atoms with Gasteiger partial charge in [-0.15, -0.1) is 0 Å². The lowest BCUT2D eigenvalue weighted by Crippen LogP contribution is -1.82. The molecule has 0 unspecified atom stereocenters. The highest BCUT2D eigenvalue weighted by molar-refractivity contribution is 5.96. The molecule has 3 aromatic carbocycles. The van der Waals surface area contributed by atoms with Gasteiger partial charge in [0.15, 0.2) is 0 Å². The molecule has 1 N–H and O–H groups in total. The predicted octanol–water partition coefficient (Wildman–Crippen LogP) is 4.72. The quantitative estimate of drug-likeness (QED) is 0.701. The summed E-state index contributed by atoms with van der Waals surface area (Å²) in [6.07, 6.45) is 4.10. The SMILES string of the molecule is COc1cccc(C=Cc2ccc(O)c3ccccc23)c1. The van der Waals surface area contributed by atoms with Gasteiger partial charge in [0.1, 0.15) is 11.5 Å². The van der Waals surface area contributed by atoms with E-state index in [2.05, 4.69) is 6.08 Å². The fraction of sp³-hybridized carbons (Fsp3) is 0.0526. The smallest absolute Gasteiger partial charge is 0.123 e. The van der Waals surface area contributed by atoms with Crippen LogP contribution in [-0.4, -0.2) is 12.2 Å². The molecule has 104 valence electrons. The molecule has 21 heavy (non-hydrogen) atoms. The average Bonchev–Trinajstić information content (AvgIpc) is 2.55. The lowest BCUT2D eigenvalue weighted by molar-refractivity contribution is 0.414. The largest absolute Gasteiger partial charge is 0.507 e. The second kappa shape index (κ2) is 5.71. The van der Waals surface area contributed by atoms with E-state index >= 15 is 0 Å². The molecule has 0 aliphatic heterocycles. The molecule has 0 bridgehead atoms. The van der Waals surface area contributed by atoms with Crippen LogP contribution >= 0.6 is 0 Å². The average molecular weight is 276 g/mol. The minimum Gasteiger partial charge on any atom is -0.507 e. The lowest BCUT2D eigenvalue weighted by Gasteiger charge is -2.05. The number of hydrogen-bond donors (Lipinski definition) is 1. The molecular weight excluding hydrogens is 260 g/mol. The van der Waals surface area contributed by atoms with E-state index in [9.17, 15) is 5.11 Å². The molecule has 2 heteroatoms. The molecule has 0 aliphatic carbocycles. The van der Waals surface area contributed by atoms with Crippen LogP contribution < -0.4 is 4.74 Å². The number of rotatable bonds is 3. The molecule has 0 aliphatic rings. The van der Waals surface area contributed by atoms with Crippen LogP contribution in [0.1, 0.15) is 11.1 Å². The zero-order chi connectivity index (χ0) is 14.7. The second-order valence-electron chi connectivity index (χ2n) is 4.83. The molecule has 0 saturated heterocycles. The summed E-state index contributed by atoms with van der Waals surface area (Å²) in [7, 11) is 1.66. The molecule has 0 spiro atoms. The van der Waals surface area contributed by atoms with Crippen molar-refractivity contribution in [3.63, 3.8) is 0 Å². The Balaban J connectivity index is 2.01. The van der Waals surface area contributed by atoms with Crippen molar-refractivity contribution in [2.45, 2.75) is 0 Å². The number of hydrogen-bond acceptors (Lipinski definition) is 2. The zero-order valence-corrected chi connectivity index (χ0v) is 11.8. The number of aromatic hydroxyl groups is 1. The summed E-state index contributed by atoms with van der Waals surface area (Å²) in [6, 6.07) is 19.4. The van der Waals surface area contributed by atoms with Gasteiger partial charge in [0.25, 0.3) is 0 Å². The standard InChI is InChI=1S/C19H16O2/c1-21-16-6-4-5-14(13-16)9-10-15-11-12-19(20)18-8-3-2-7-17(15)18/h2-13,20H,1H3. The summed E-state index contributed by atoms with van der Waals surface area (Å²) in [5, 5.41) is 11.8. The van der Waals surface area contributed by atoms with Gasteiger partial charge in [-0.1, -0.05) is 54.6 Å². The lowest BCUT2D eigenvalue weighted by atomic mass is 10.0. The highest BCUT2D eigenvalue weighted by Crippen LogP contribution is 2.28. The number of ether oxygens (including phenoxy) is 1. The molecule has 2 nitrogen and oxygen atoms in total. The summed E-state index contributed by atoms with van der Waals surface area (Å²) in [5.74, 6) is 1.15. The number of phenolic OH excluding ortho intramolecular Hbond substituents is 1. The van der Waals surface area contributed by atoms with E-state index < -0.39 is 0 Å². The van der Waals surface area contributed by atoms with E-state index in [0.717, 1.165) is 27.6 Å². The maximum Gasteiger partial charge on any atom is 0.123 e. The van der Waals surface area contributed by atoms with Crippen LogP contribution in [0.4, 0.5) is 0 Å². The van der Waals surface area contributed by atoms with Crippen molar-refractivity contribution >= 4 is 22.9 Å². The molecule has 0 saturated carbocycles. The van der Waals surface area contributed by atoms with Gasteiger partial charge < -0.3 is 9.84 Å². The van der Waals surface area contributed by atoms with Crippen molar-refractivity contribution in [2.24, 2.45) is 0 Å². The second-order valence-corrected chi connectivity index (χ2v) is 4.83. The normalized spacial score (nSPS) is 11.1. The summed E-state index contributed by atoms with van der Waals surface area (Å²) < 4.78 is 5.23. The maximum atomic E-state index is 9.91. The predicted molar refractivity (Wildman–Crippen MR) is 87.5 cm³/mol. The molecule has 0 amide bonds. The Labute approximate surface area is 123 Å². The molecule has 3 rings (SSSR count). The fourth-order valence-corrected chi connectivity index (χ4v) is 2.38. The van der Waals surface area contributed by atoms with E-state index in [1.54, 1.807) is 13.2 Å². The van der Waals surface area contributed by atoms with Gasteiger partial charge in [0.2, 0.25) is 0 Å². The Morgan fingerprint density at radius 3 is 2.48 bits per heavy atom. The highest BCUT2D eigenvalue weighted by Gasteiger charge is 2.02. The Morgan fingerprint density at radius 1 is 0.857 bits per heavy atom. The topological polar surface area (TPSA) is 29.5 Å². The first-order valence-corrected chi connectivity index (χ1v) is 6.81. The molecule has 0 radical (unpaired) electrons. The third-order valence-electron chi connectivity index (χ3n) is 3.48. The molecule has 0 aromatic heterocycles. The van der Waals surface area contributed by atoms with E-state index in [-0.39, 0.29) is 0 Å². The van der Waals surface area contributed by atoms with Crippen LogP contribution in [0.5, 0.6) is 11.5 Å². The molecule has 0 atom stereocenters. The first-order chi connectivity index (χ1) is 10.3. The van der Waals surface area contributed by atoms with Crippen molar-refractivity contribution in [1.82, 2.24) is 0 Å². The van der Waals surface area contributed by atoms with Crippen LogP contribution in [0.2, 0.25) is 0 Å². The van der Waals surface area contributed by atoms with Crippen LogP contribution in [-0.2, 0) is 0 Å². The maximum absolute atomic E-state index is 9.91. The van der Waals surface area contributed by atoms with Crippen molar-refractivity contribution in [2.75, 3.05) is 7.11 Å². The minimum absolute atomic E-state index is 0.309. The van der Waals surface area contributed by atoms with Gasteiger partial charge in [-0.05, 0) is 34.7 Å². The van der Waals surface area contributed by atoms with Crippen molar-refractivity contribution in [3.05, 3.63) is 71.8 Å². The Bertz CT molecular complexity index is 804. The number of phenols is 1. The van der Waals surface area contributed by atoms with Crippen LogP contribution in [0.25, 0.3) is 22.9 Å². The van der Waals surface area contributed by atoms with E-state index in [1.807, 2.05) is 60.7 Å². The van der Waals surface area contributed by atoms with Crippen LogP contribution in [0.3, 0.4) is 0 Å². The van der Waals surface area contributed by atoms with Gasteiger partial charge >= 0.3 is 0 Å². The molecular formula is C19H16O2. The van der Waals surface area contributed by atoms with Crippen molar-refractivity contribution in [3.8, 4) is 11.5 Å². The first-order valence-electron chi connectivity index (χ1n) is 6.81. The summed E-state index contributed by atoms with van der Waals surface area (Å²) in [4.78, 5) is 0. The van der Waals surface area contributed by atoms with E-state index in [1.165, 1.54) is 0 Å². The third kappa shape index (κ3) is 2.75. The van der Waals surface area contributed by atoms with E-state index in [4.69, 9.17) is 4.74 Å². The summed E-state index contributed by atoms with van der Waals surface area (Å²) in [6.45, 7) is 0. The van der Waals surface area contributed by atoms with Gasteiger partial charge in [-0.25, -0.2) is 0 Å². The van der Waals surface area contributed by atoms with Crippen molar-refractivity contribution < 1.29 is 9.84 Å². The Kier molecular flexibility index (Phi) is 3.61. The molecule has 3 aromatic rings. The highest BCUT2D eigenvalue weighted by atomic mass is 16.5. The summed E-state index contributed by atoms with van der Waals surface area (Å²) in [5.41, 5.74) is 2.15. The first kappa shape index (κ1) is 13.3. The number of benzene rings is 3. The van der Waals surface area contributed by atoms with Gasteiger partial charge in [-0.2, -0.15) is 0 Å². The Morgan fingerprint density at radius 2 is 1.67 bits per heavy atom. The zero-order valence-electron chi connectivity index (χ0n) is 11.8. The summed E-state index contributed by atoms with van der Waals surface area (Å²) >= 11 is 0. The Hall–Kier alpha value is -2.74. The van der Waals surface area contributed by atoms with Crippen LogP contribution in [0.15, 0.2) is 60.7 Å². The number of methoxy groups -OCH3 is 1. The molecule has 0 heterocycles. The molecule has 0 fully saturated rings.